The predicted octanol–water partition coefficient (Wildman–Crippen LogP) is 5.16. The number of aromatic nitrogens is 3. The van der Waals surface area contributed by atoms with Crippen molar-refractivity contribution in [1.82, 2.24) is 45.6 Å². The summed E-state index contributed by atoms with van der Waals surface area (Å²) in [6, 6.07) is 6.47. The van der Waals surface area contributed by atoms with Gasteiger partial charge in [-0.15, -0.1) is 0 Å². The van der Waals surface area contributed by atoms with Crippen molar-refractivity contribution < 1.29 is 28.0 Å². The Morgan fingerprint density at radius 3 is 2.12 bits per heavy atom. The van der Waals surface area contributed by atoms with Crippen LogP contribution >= 0.6 is 0 Å². The van der Waals surface area contributed by atoms with Crippen molar-refractivity contribution in [3.05, 3.63) is 53.6 Å². The number of rotatable bonds is 15. The highest BCUT2D eigenvalue weighted by molar-refractivity contribution is 5.93. The Bertz CT molecular complexity index is 2200. The monoisotopic (exact) mass is 829 g/mol. The molecular formula is C45H61F2N9O4. The number of amides is 4. The summed E-state index contributed by atoms with van der Waals surface area (Å²) in [4.78, 5) is 67.1. The van der Waals surface area contributed by atoms with E-state index in [1.807, 2.05) is 21.3 Å². The molecule has 0 bridgehead atoms. The summed E-state index contributed by atoms with van der Waals surface area (Å²) < 4.78 is 31.7. The van der Waals surface area contributed by atoms with Gasteiger partial charge < -0.3 is 40.6 Å². The van der Waals surface area contributed by atoms with Crippen LogP contribution in [0.15, 0.2) is 36.4 Å². The molecule has 60 heavy (non-hydrogen) atoms. The van der Waals surface area contributed by atoms with Gasteiger partial charge in [-0.05, 0) is 121 Å². The maximum atomic E-state index is 14.9. The van der Waals surface area contributed by atoms with E-state index in [1.54, 1.807) is 40.1 Å². The first-order chi connectivity index (χ1) is 28.9. The van der Waals surface area contributed by atoms with Gasteiger partial charge in [0.1, 0.15) is 23.7 Å². The molecule has 6 atom stereocenters. The predicted molar refractivity (Wildman–Crippen MR) is 228 cm³/mol. The number of likely N-dealkylation sites (tertiary alicyclic amines) is 2. The van der Waals surface area contributed by atoms with Crippen LogP contribution in [0, 0.1) is 17.6 Å². The average Bonchev–Trinajstić information content (AvgIpc) is 4.07. The van der Waals surface area contributed by atoms with Gasteiger partial charge in [-0.3, -0.25) is 19.2 Å². The van der Waals surface area contributed by atoms with Crippen molar-refractivity contribution >= 4 is 45.6 Å². The van der Waals surface area contributed by atoms with Crippen LogP contribution in [0.2, 0.25) is 0 Å². The molecule has 3 fully saturated rings. The SMILES string of the molecule is CC[C@H](NC(=O)[C@H](C)NC)C(=O)N1CCC[C@H]1Cn1c(-c2[nH]c3cc(F)ccc3c2C[C@@H]2CCCN2C(=O)[C@@H](NC(=O)[C@H](C)NC)C2CCCCC2)nc2cc(F)ccc21. The summed E-state index contributed by atoms with van der Waals surface area (Å²) >= 11 is 0. The van der Waals surface area contributed by atoms with Gasteiger partial charge in [0.2, 0.25) is 23.6 Å². The maximum absolute atomic E-state index is 14.9. The molecule has 3 aliphatic rings. The number of nitrogens with one attached hydrogen (secondary N) is 5. The maximum Gasteiger partial charge on any atom is 0.245 e. The van der Waals surface area contributed by atoms with E-state index in [4.69, 9.17) is 4.98 Å². The zero-order valence-corrected chi connectivity index (χ0v) is 35.6. The third kappa shape index (κ3) is 8.93. The number of hydrogen-bond acceptors (Lipinski definition) is 7. The van der Waals surface area contributed by atoms with E-state index in [2.05, 4.69) is 26.3 Å². The molecule has 15 heteroatoms. The number of imidazole rings is 1. The van der Waals surface area contributed by atoms with Gasteiger partial charge in [0.15, 0.2) is 5.82 Å². The zero-order chi connectivity index (χ0) is 42.7. The molecule has 1 aliphatic carbocycles. The van der Waals surface area contributed by atoms with E-state index in [1.165, 1.54) is 24.3 Å². The topological polar surface area (TPSA) is 156 Å². The fourth-order valence-corrected chi connectivity index (χ4v) is 9.61. The molecule has 0 radical (unpaired) electrons. The number of halogens is 2. The Morgan fingerprint density at radius 1 is 0.800 bits per heavy atom. The van der Waals surface area contributed by atoms with Crippen LogP contribution in [-0.4, -0.2) is 111 Å². The van der Waals surface area contributed by atoms with Crippen molar-refractivity contribution in [1.29, 1.82) is 0 Å². The van der Waals surface area contributed by atoms with E-state index >= 15 is 0 Å². The minimum absolute atomic E-state index is 0.0512. The summed E-state index contributed by atoms with van der Waals surface area (Å²) in [6.45, 7) is 6.86. The Balaban J connectivity index is 1.24. The minimum Gasteiger partial charge on any atom is -0.352 e. The molecule has 4 heterocycles. The fourth-order valence-electron chi connectivity index (χ4n) is 9.61. The smallest absolute Gasteiger partial charge is 0.245 e. The second kappa shape index (κ2) is 18.8. The molecule has 0 spiro atoms. The summed E-state index contributed by atoms with van der Waals surface area (Å²) in [6.07, 6.45) is 8.86. The van der Waals surface area contributed by atoms with Crippen LogP contribution in [-0.2, 0) is 32.1 Å². The van der Waals surface area contributed by atoms with Gasteiger partial charge in [-0.2, -0.15) is 0 Å². The van der Waals surface area contributed by atoms with Crippen molar-refractivity contribution in [3.8, 4) is 11.5 Å². The Labute approximate surface area is 350 Å². The molecule has 5 N–H and O–H groups in total. The highest BCUT2D eigenvalue weighted by Crippen LogP contribution is 2.37. The third-order valence-electron chi connectivity index (χ3n) is 13.3. The number of benzene rings is 2. The number of nitrogens with zero attached hydrogens (tertiary/aromatic N) is 4. The van der Waals surface area contributed by atoms with Crippen LogP contribution in [0.25, 0.3) is 33.5 Å². The first-order valence-corrected chi connectivity index (χ1v) is 21.9. The van der Waals surface area contributed by atoms with Crippen molar-refractivity contribution in [2.24, 2.45) is 5.92 Å². The number of carbonyl (C=O) groups is 4. The highest BCUT2D eigenvalue weighted by Gasteiger charge is 2.40. The second-order valence-corrected chi connectivity index (χ2v) is 17.1. The molecule has 13 nitrogen and oxygen atoms in total. The van der Waals surface area contributed by atoms with Gasteiger partial charge >= 0.3 is 0 Å². The largest absolute Gasteiger partial charge is 0.352 e. The number of fused-ring (bicyclic) bond motifs is 2. The van der Waals surface area contributed by atoms with Gasteiger partial charge in [0, 0.05) is 48.7 Å². The molecule has 324 valence electrons. The highest BCUT2D eigenvalue weighted by atomic mass is 19.1. The molecule has 7 rings (SSSR count). The standard InChI is InChI=1S/C45H61F2N9O4/c1-6-35(52-42(57)26(2)48-4)44(59)55-21-11-15-32(55)25-56-38-19-17-30(47)23-37(38)51-41(56)40-34(33-18-16-29(46)22-36(33)50-40)24-31-14-10-20-54(31)45(60)39(28-12-8-7-9-13-28)53-43(58)27(3)49-5/h16-19,22-23,26-28,31-32,35,39,48-50H,6-15,20-21,24-25H2,1-5H3,(H,52,57)(H,53,58)/t26-,27-,31-,32-,35-,39-/m0/s1. The van der Waals surface area contributed by atoms with Crippen LogP contribution in [0.5, 0.6) is 0 Å². The Hall–Kier alpha value is -4.89. The van der Waals surface area contributed by atoms with Crippen molar-refractivity contribution in [3.63, 3.8) is 0 Å². The molecule has 1 saturated carbocycles. The van der Waals surface area contributed by atoms with Crippen molar-refractivity contribution in [2.75, 3.05) is 27.2 Å². The van der Waals surface area contributed by atoms with Gasteiger partial charge in [0.05, 0.1) is 28.8 Å². The first-order valence-electron chi connectivity index (χ1n) is 21.9. The van der Waals surface area contributed by atoms with Gasteiger partial charge in [0.25, 0.3) is 0 Å². The average molecular weight is 830 g/mol. The summed E-state index contributed by atoms with van der Waals surface area (Å²) in [5, 5.41) is 12.8. The summed E-state index contributed by atoms with van der Waals surface area (Å²) in [7, 11) is 3.43. The van der Waals surface area contributed by atoms with Crippen LogP contribution in [0.4, 0.5) is 8.78 Å². The molecule has 4 aromatic rings. The number of H-pyrrole nitrogens is 1. The normalized spacial score (nSPS) is 20.7. The number of likely N-dealkylation sites (N-methyl/N-ethyl adjacent to an activating group) is 2. The Kier molecular flexibility index (Phi) is 13.5. The fraction of sp³-hybridized carbons (Fsp3) is 0.578. The lowest BCUT2D eigenvalue weighted by Crippen LogP contribution is -2.56. The molecular weight excluding hydrogens is 769 g/mol. The van der Waals surface area contributed by atoms with Crippen LogP contribution in [0.3, 0.4) is 0 Å². The van der Waals surface area contributed by atoms with Gasteiger partial charge in [-0.25, -0.2) is 13.8 Å². The number of hydrogen-bond donors (Lipinski definition) is 5. The van der Waals surface area contributed by atoms with E-state index < -0.39 is 35.8 Å². The van der Waals surface area contributed by atoms with Crippen molar-refractivity contribution in [2.45, 2.75) is 134 Å². The minimum atomic E-state index is -0.688. The van der Waals surface area contributed by atoms with E-state index in [9.17, 15) is 28.0 Å². The lowest BCUT2D eigenvalue weighted by atomic mass is 9.83. The first kappa shape index (κ1) is 43.2. The molecule has 4 amide bonds. The van der Waals surface area contributed by atoms with E-state index in [-0.39, 0.29) is 41.6 Å². The summed E-state index contributed by atoms with van der Waals surface area (Å²) in [5.74, 6) is -0.927. The zero-order valence-electron chi connectivity index (χ0n) is 35.6. The third-order valence-corrected chi connectivity index (χ3v) is 13.3. The molecule has 0 unspecified atom stereocenters. The van der Waals surface area contributed by atoms with Crippen LogP contribution in [0.1, 0.15) is 90.5 Å². The number of carbonyl (C=O) groups excluding carboxylic acids is 4. The lowest BCUT2D eigenvalue weighted by molar-refractivity contribution is -0.139. The van der Waals surface area contributed by atoms with E-state index in [0.717, 1.165) is 68.7 Å². The molecule has 2 saturated heterocycles. The number of aromatic amines is 1. The van der Waals surface area contributed by atoms with Gasteiger partial charge in [-0.1, -0.05) is 26.2 Å². The molecule has 2 aliphatic heterocycles. The lowest BCUT2D eigenvalue weighted by Gasteiger charge is -2.35. The molecule has 2 aromatic heterocycles. The van der Waals surface area contributed by atoms with E-state index in [0.29, 0.717) is 60.5 Å². The Morgan fingerprint density at radius 2 is 1.43 bits per heavy atom. The second-order valence-electron chi connectivity index (χ2n) is 17.1. The quantitative estimate of drug-likeness (QED) is 0.111. The summed E-state index contributed by atoms with van der Waals surface area (Å²) in [5.41, 5.74) is 3.20. The molecule has 2 aromatic carbocycles. The van der Waals surface area contributed by atoms with Crippen LogP contribution < -0.4 is 21.3 Å².